The highest BCUT2D eigenvalue weighted by molar-refractivity contribution is 7.89. The summed E-state index contributed by atoms with van der Waals surface area (Å²) < 4.78 is 28.8. The predicted molar refractivity (Wildman–Crippen MR) is 78.0 cm³/mol. The molecule has 0 saturated carbocycles. The Morgan fingerprint density at radius 2 is 2.20 bits per heavy atom. The number of sulfonamides is 1. The van der Waals surface area contributed by atoms with Gasteiger partial charge in [-0.25, -0.2) is 13.4 Å². The maximum atomic E-state index is 12.7. The van der Waals surface area contributed by atoms with Crippen LogP contribution in [-0.4, -0.2) is 48.0 Å². The quantitative estimate of drug-likeness (QED) is 0.853. The third-order valence-corrected chi connectivity index (χ3v) is 5.59. The van der Waals surface area contributed by atoms with Crippen molar-refractivity contribution in [3.05, 3.63) is 12.5 Å². The van der Waals surface area contributed by atoms with Crippen LogP contribution >= 0.6 is 0 Å². The number of aromatic nitrogens is 2. The second-order valence-electron chi connectivity index (χ2n) is 5.12. The van der Waals surface area contributed by atoms with Gasteiger partial charge in [0.25, 0.3) is 10.0 Å². The fraction of sp³-hybridized carbons (Fsp3) is 0.769. The van der Waals surface area contributed by atoms with Gasteiger partial charge in [0.1, 0.15) is 0 Å². The summed E-state index contributed by atoms with van der Waals surface area (Å²) in [4.78, 5) is 4.06. The Balaban J connectivity index is 2.20. The van der Waals surface area contributed by atoms with Crippen LogP contribution in [0.2, 0.25) is 0 Å². The average Bonchev–Trinajstić information content (AvgIpc) is 2.95. The van der Waals surface area contributed by atoms with Crippen molar-refractivity contribution < 1.29 is 8.42 Å². The molecule has 1 unspecified atom stereocenters. The van der Waals surface area contributed by atoms with Gasteiger partial charge in [-0.15, -0.1) is 0 Å². The zero-order valence-corrected chi connectivity index (χ0v) is 13.1. The lowest BCUT2D eigenvalue weighted by Gasteiger charge is -2.34. The minimum Gasteiger partial charge on any atom is -0.336 e. The number of nitrogens with one attached hydrogen (secondary N) is 1. The molecular weight excluding hydrogens is 276 g/mol. The van der Waals surface area contributed by atoms with Crippen LogP contribution in [-0.2, 0) is 16.6 Å². The molecule has 20 heavy (non-hydrogen) atoms. The van der Waals surface area contributed by atoms with Crippen molar-refractivity contribution in [3.63, 3.8) is 0 Å². The molecule has 0 bridgehead atoms. The zero-order valence-electron chi connectivity index (χ0n) is 12.2. The van der Waals surface area contributed by atoms with E-state index in [2.05, 4.69) is 10.3 Å². The van der Waals surface area contributed by atoms with E-state index >= 15 is 0 Å². The second kappa shape index (κ2) is 6.69. The molecule has 0 aliphatic carbocycles. The molecule has 1 aromatic heterocycles. The topological polar surface area (TPSA) is 67.2 Å². The number of aryl methyl sites for hydroxylation is 1. The normalized spacial score (nSPS) is 21.2. The number of piperidine rings is 1. The first-order chi connectivity index (χ1) is 9.59. The van der Waals surface area contributed by atoms with Crippen molar-refractivity contribution in [3.8, 4) is 0 Å². The van der Waals surface area contributed by atoms with Gasteiger partial charge in [0, 0.05) is 31.9 Å². The van der Waals surface area contributed by atoms with E-state index in [0.29, 0.717) is 13.1 Å². The lowest BCUT2D eigenvalue weighted by Crippen LogP contribution is -2.48. The van der Waals surface area contributed by atoms with Gasteiger partial charge in [-0.3, -0.25) is 0 Å². The SMILES string of the molecule is CCNCC1CCCCN1S(=O)(=O)c1cn(CC)cn1. The molecule has 1 atom stereocenters. The fourth-order valence-electron chi connectivity index (χ4n) is 2.57. The van der Waals surface area contributed by atoms with Crippen LogP contribution in [0.1, 0.15) is 33.1 Å². The molecule has 1 aliphatic rings. The summed E-state index contributed by atoms with van der Waals surface area (Å²) in [6, 6.07) is 0.0421. The Morgan fingerprint density at radius 3 is 2.85 bits per heavy atom. The molecule has 1 aliphatic heterocycles. The Kier molecular flexibility index (Phi) is 5.17. The zero-order chi connectivity index (χ0) is 14.6. The first kappa shape index (κ1) is 15.5. The molecule has 1 aromatic rings. The highest BCUT2D eigenvalue weighted by Crippen LogP contribution is 2.24. The first-order valence-corrected chi connectivity index (χ1v) is 8.78. The molecule has 114 valence electrons. The van der Waals surface area contributed by atoms with Gasteiger partial charge >= 0.3 is 0 Å². The van der Waals surface area contributed by atoms with E-state index in [1.807, 2.05) is 13.8 Å². The van der Waals surface area contributed by atoms with Crippen molar-refractivity contribution in [2.75, 3.05) is 19.6 Å². The monoisotopic (exact) mass is 300 g/mol. The van der Waals surface area contributed by atoms with E-state index in [1.54, 1.807) is 21.4 Å². The molecule has 0 spiro atoms. The smallest absolute Gasteiger partial charge is 0.262 e. The largest absolute Gasteiger partial charge is 0.336 e. The number of rotatable bonds is 6. The second-order valence-corrected chi connectivity index (χ2v) is 6.95. The molecule has 2 heterocycles. The third-order valence-electron chi connectivity index (χ3n) is 3.75. The molecule has 0 aromatic carbocycles. The molecule has 6 nitrogen and oxygen atoms in total. The Bertz CT molecular complexity index is 526. The van der Waals surface area contributed by atoms with Crippen LogP contribution in [0.15, 0.2) is 17.6 Å². The van der Waals surface area contributed by atoms with Gasteiger partial charge in [-0.1, -0.05) is 13.3 Å². The van der Waals surface area contributed by atoms with Crippen molar-refractivity contribution in [1.29, 1.82) is 0 Å². The van der Waals surface area contributed by atoms with Gasteiger partial charge in [-0.2, -0.15) is 4.31 Å². The number of hydrogen-bond acceptors (Lipinski definition) is 4. The number of nitrogens with zero attached hydrogens (tertiary/aromatic N) is 3. The molecule has 2 rings (SSSR count). The Hall–Kier alpha value is -0.920. The van der Waals surface area contributed by atoms with Crippen LogP contribution in [0.5, 0.6) is 0 Å². The summed E-state index contributed by atoms with van der Waals surface area (Å²) in [7, 11) is -3.47. The minimum atomic E-state index is -3.47. The van der Waals surface area contributed by atoms with E-state index in [1.165, 1.54) is 0 Å². The first-order valence-electron chi connectivity index (χ1n) is 7.34. The number of imidazole rings is 1. The van der Waals surface area contributed by atoms with E-state index in [9.17, 15) is 8.42 Å². The Labute approximate surface area is 121 Å². The molecule has 1 saturated heterocycles. The van der Waals surface area contributed by atoms with Gasteiger partial charge in [-0.05, 0) is 26.3 Å². The van der Waals surface area contributed by atoms with E-state index in [4.69, 9.17) is 0 Å². The van der Waals surface area contributed by atoms with Crippen molar-refractivity contribution in [1.82, 2.24) is 19.2 Å². The van der Waals surface area contributed by atoms with Gasteiger partial charge in [0.15, 0.2) is 5.03 Å². The van der Waals surface area contributed by atoms with Crippen LogP contribution < -0.4 is 5.32 Å². The standard InChI is InChI=1S/C13H24N4O2S/c1-3-14-9-12-7-5-6-8-17(12)20(18,19)13-10-16(4-2)11-15-13/h10-12,14H,3-9H2,1-2H3. The van der Waals surface area contributed by atoms with Gasteiger partial charge in [0.2, 0.25) is 0 Å². The highest BCUT2D eigenvalue weighted by atomic mass is 32.2. The number of likely N-dealkylation sites (N-methyl/N-ethyl adjacent to an activating group) is 1. The summed E-state index contributed by atoms with van der Waals surface area (Å²) in [5.74, 6) is 0. The summed E-state index contributed by atoms with van der Waals surface area (Å²) >= 11 is 0. The maximum Gasteiger partial charge on any atom is 0.262 e. The van der Waals surface area contributed by atoms with Crippen LogP contribution in [0, 0.1) is 0 Å². The van der Waals surface area contributed by atoms with Crippen LogP contribution in [0.3, 0.4) is 0 Å². The third kappa shape index (κ3) is 3.21. The lowest BCUT2D eigenvalue weighted by atomic mass is 10.1. The Morgan fingerprint density at radius 1 is 1.40 bits per heavy atom. The molecule has 1 fully saturated rings. The molecule has 1 N–H and O–H groups in total. The van der Waals surface area contributed by atoms with E-state index in [-0.39, 0.29) is 11.1 Å². The molecule has 0 amide bonds. The highest BCUT2D eigenvalue weighted by Gasteiger charge is 2.34. The molecule has 0 radical (unpaired) electrons. The van der Waals surface area contributed by atoms with E-state index in [0.717, 1.165) is 32.4 Å². The van der Waals surface area contributed by atoms with Gasteiger partial charge < -0.3 is 9.88 Å². The molecular formula is C13H24N4O2S. The van der Waals surface area contributed by atoms with Crippen molar-refractivity contribution >= 4 is 10.0 Å². The van der Waals surface area contributed by atoms with Gasteiger partial charge in [0.05, 0.1) is 6.33 Å². The molecule has 7 heteroatoms. The predicted octanol–water partition coefficient (Wildman–Crippen LogP) is 1.06. The van der Waals surface area contributed by atoms with Crippen molar-refractivity contribution in [2.45, 2.75) is 50.7 Å². The summed E-state index contributed by atoms with van der Waals surface area (Å²) in [6.45, 7) is 6.89. The average molecular weight is 300 g/mol. The van der Waals surface area contributed by atoms with Crippen LogP contribution in [0.25, 0.3) is 0 Å². The van der Waals surface area contributed by atoms with Crippen LogP contribution in [0.4, 0.5) is 0 Å². The summed E-state index contributed by atoms with van der Waals surface area (Å²) in [6.07, 6.45) is 6.13. The lowest BCUT2D eigenvalue weighted by molar-refractivity contribution is 0.246. The fourth-order valence-corrected chi connectivity index (χ4v) is 4.20. The van der Waals surface area contributed by atoms with Crippen molar-refractivity contribution in [2.24, 2.45) is 0 Å². The van der Waals surface area contributed by atoms with E-state index < -0.39 is 10.0 Å². The number of hydrogen-bond donors (Lipinski definition) is 1. The minimum absolute atomic E-state index is 0.0421. The maximum absolute atomic E-state index is 12.7. The summed E-state index contributed by atoms with van der Waals surface area (Å²) in [5.41, 5.74) is 0. The summed E-state index contributed by atoms with van der Waals surface area (Å²) in [5, 5.41) is 3.43.